The highest BCUT2D eigenvalue weighted by Crippen LogP contribution is 2.23. The molecule has 0 unspecified atom stereocenters. The molecule has 3 N–H and O–H groups in total. The van der Waals surface area contributed by atoms with Crippen LogP contribution in [-0.4, -0.2) is 20.1 Å². The number of hydrogen-bond donors (Lipinski definition) is 2. The normalized spacial score (nSPS) is 12.1. The van der Waals surface area contributed by atoms with Crippen molar-refractivity contribution in [3.63, 3.8) is 0 Å². The number of benzene rings is 2. The monoisotopic (exact) mass is 309 g/mol. The zero-order chi connectivity index (χ0) is 16.4. The van der Waals surface area contributed by atoms with E-state index in [1.54, 1.807) is 12.1 Å². The number of hydrogen-bond acceptors (Lipinski definition) is 5. The summed E-state index contributed by atoms with van der Waals surface area (Å²) < 4.78 is 0. The first kappa shape index (κ1) is 14.9. The number of aromatic nitrogens is 3. The number of nitrogens with one attached hydrogen (secondary N) is 1. The van der Waals surface area contributed by atoms with Gasteiger partial charge in [0.15, 0.2) is 5.82 Å². The molecule has 3 rings (SSSR count). The first-order chi connectivity index (χ1) is 11.0. The number of aryl methyl sites for hydroxylation is 1. The van der Waals surface area contributed by atoms with Crippen molar-refractivity contribution >= 4 is 5.69 Å². The molecule has 116 valence electrons. The van der Waals surface area contributed by atoms with Gasteiger partial charge >= 0.3 is 0 Å². The first-order valence-corrected chi connectivity index (χ1v) is 7.04. The van der Waals surface area contributed by atoms with Crippen LogP contribution in [0.2, 0.25) is 0 Å². The molecule has 23 heavy (non-hydrogen) atoms. The van der Waals surface area contributed by atoms with Crippen molar-refractivity contribution in [1.29, 1.82) is 0 Å². The predicted octanol–water partition coefficient (Wildman–Crippen LogP) is 2.74. The number of non-ortho nitro benzene ring substituents is 1. The summed E-state index contributed by atoms with van der Waals surface area (Å²) in [5.41, 5.74) is 8.82. The van der Waals surface area contributed by atoms with E-state index in [0.717, 1.165) is 11.1 Å². The van der Waals surface area contributed by atoms with Gasteiger partial charge in [0.1, 0.15) is 5.82 Å². The topological polar surface area (TPSA) is 111 Å². The Hall–Kier alpha value is -3.06. The molecule has 7 heteroatoms. The van der Waals surface area contributed by atoms with Crippen molar-refractivity contribution in [2.45, 2.75) is 13.0 Å². The van der Waals surface area contributed by atoms with E-state index in [2.05, 4.69) is 15.2 Å². The second-order valence-corrected chi connectivity index (χ2v) is 5.24. The second kappa shape index (κ2) is 5.98. The Bertz CT molecular complexity index is 842. The fourth-order valence-corrected chi connectivity index (χ4v) is 2.23. The van der Waals surface area contributed by atoms with Gasteiger partial charge in [0.2, 0.25) is 0 Å². The van der Waals surface area contributed by atoms with Crippen molar-refractivity contribution in [1.82, 2.24) is 15.2 Å². The first-order valence-electron chi connectivity index (χ1n) is 7.04. The van der Waals surface area contributed by atoms with E-state index in [9.17, 15) is 10.1 Å². The quantitative estimate of drug-likeness (QED) is 0.568. The van der Waals surface area contributed by atoms with Gasteiger partial charge in [0.25, 0.3) is 5.69 Å². The van der Waals surface area contributed by atoms with Crippen LogP contribution in [0.15, 0.2) is 48.5 Å². The summed E-state index contributed by atoms with van der Waals surface area (Å²) >= 11 is 0. The Balaban J connectivity index is 1.89. The smallest absolute Gasteiger partial charge is 0.270 e. The van der Waals surface area contributed by atoms with Crippen LogP contribution in [0, 0.1) is 17.0 Å². The maximum absolute atomic E-state index is 10.8. The Morgan fingerprint density at radius 2 is 1.96 bits per heavy atom. The lowest BCUT2D eigenvalue weighted by molar-refractivity contribution is -0.384. The summed E-state index contributed by atoms with van der Waals surface area (Å²) in [6.07, 6.45) is 0. The molecule has 0 saturated heterocycles. The molecule has 1 heterocycles. The standard InChI is InChI=1S/C16H15N5O2/c1-10-5-7-11(8-6-10)14(17)16-18-15(19-20-16)12-3-2-4-13(9-12)21(22)23/h2-9,14H,17H2,1H3,(H,18,19,20)/t14-/m1/s1. The Morgan fingerprint density at radius 3 is 2.65 bits per heavy atom. The fourth-order valence-electron chi connectivity index (χ4n) is 2.23. The van der Waals surface area contributed by atoms with Crippen LogP contribution >= 0.6 is 0 Å². The molecule has 1 aromatic heterocycles. The zero-order valence-corrected chi connectivity index (χ0v) is 12.4. The van der Waals surface area contributed by atoms with Crippen LogP contribution in [-0.2, 0) is 0 Å². The van der Waals surface area contributed by atoms with E-state index in [1.807, 2.05) is 31.2 Å². The molecule has 7 nitrogen and oxygen atoms in total. The van der Waals surface area contributed by atoms with Gasteiger partial charge in [-0.15, -0.1) is 0 Å². The number of H-pyrrole nitrogens is 1. The number of aromatic amines is 1. The van der Waals surface area contributed by atoms with Gasteiger partial charge in [0.05, 0.1) is 11.0 Å². The van der Waals surface area contributed by atoms with E-state index < -0.39 is 11.0 Å². The van der Waals surface area contributed by atoms with Crippen LogP contribution in [0.25, 0.3) is 11.4 Å². The molecule has 0 aliphatic carbocycles. The van der Waals surface area contributed by atoms with Gasteiger partial charge in [-0.25, -0.2) is 4.98 Å². The summed E-state index contributed by atoms with van der Waals surface area (Å²) in [5.74, 6) is 0.890. The molecule has 0 fully saturated rings. The highest BCUT2D eigenvalue weighted by atomic mass is 16.6. The molecule has 0 spiro atoms. The average molecular weight is 309 g/mol. The van der Waals surface area contributed by atoms with Crippen LogP contribution in [0.4, 0.5) is 5.69 Å². The fraction of sp³-hybridized carbons (Fsp3) is 0.125. The average Bonchev–Trinajstić information content (AvgIpc) is 3.05. The minimum atomic E-state index is -0.449. The van der Waals surface area contributed by atoms with Crippen LogP contribution < -0.4 is 5.73 Å². The van der Waals surface area contributed by atoms with E-state index in [-0.39, 0.29) is 5.69 Å². The zero-order valence-electron chi connectivity index (χ0n) is 12.4. The molecule has 0 radical (unpaired) electrons. The van der Waals surface area contributed by atoms with Gasteiger partial charge in [-0.3, -0.25) is 15.2 Å². The lowest BCUT2D eigenvalue weighted by Crippen LogP contribution is -2.13. The largest absolute Gasteiger partial charge is 0.318 e. The van der Waals surface area contributed by atoms with Gasteiger partial charge in [0, 0.05) is 17.7 Å². The molecule has 1 atom stereocenters. The minimum absolute atomic E-state index is 0.00307. The Kier molecular flexibility index (Phi) is 3.86. The molecular formula is C16H15N5O2. The SMILES string of the molecule is Cc1ccc([C@@H](N)c2nc(-c3cccc([N+](=O)[O-])c3)n[nH]2)cc1. The van der Waals surface area contributed by atoms with Gasteiger partial charge < -0.3 is 5.73 Å². The molecular weight excluding hydrogens is 294 g/mol. The van der Waals surface area contributed by atoms with Gasteiger partial charge in [-0.1, -0.05) is 42.0 Å². The molecule has 0 bridgehead atoms. The third-order valence-corrected chi connectivity index (χ3v) is 3.55. The van der Waals surface area contributed by atoms with Crippen LogP contribution in [0.1, 0.15) is 23.0 Å². The highest BCUT2D eigenvalue weighted by Gasteiger charge is 2.16. The number of nitro groups is 1. The van der Waals surface area contributed by atoms with E-state index >= 15 is 0 Å². The third-order valence-electron chi connectivity index (χ3n) is 3.55. The van der Waals surface area contributed by atoms with Crippen molar-refractivity contribution in [3.8, 4) is 11.4 Å². The van der Waals surface area contributed by atoms with Gasteiger partial charge in [-0.05, 0) is 12.5 Å². The van der Waals surface area contributed by atoms with Crippen molar-refractivity contribution < 1.29 is 4.92 Å². The summed E-state index contributed by atoms with van der Waals surface area (Å²) in [6, 6.07) is 13.6. The van der Waals surface area contributed by atoms with Crippen molar-refractivity contribution in [2.75, 3.05) is 0 Å². The van der Waals surface area contributed by atoms with Crippen LogP contribution in [0.3, 0.4) is 0 Å². The van der Waals surface area contributed by atoms with Crippen LogP contribution in [0.5, 0.6) is 0 Å². The maximum atomic E-state index is 10.8. The predicted molar refractivity (Wildman–Crippen MR) is 85.7 cm³/mol. The Morgan fingerprint density at radius 1 is 1.22 bits per heavy atom. The van der Waals surface area contributed by atoms with Crippen molar-refractivity contribution in [2.24, 2.45) is 5.73 Å². The van der Waals surface area contributed by atoms with E-state index in [4.69, 9.17) is 5.73 Å². The molecule has 0 saturated carbocycles. The number of nitro benzene ring substituents is 1. The molecule has 0 aliphatic heterocycles. The molecule has 2 aromatic carbocycles. The molecule has 0 aliphatic rings. The van der Waals surface area contributed by atoms with E-state index in [1.165, 1.54) is 12.1 Å². The summed E-state index contributed by atoms with van der Waals surface area (Å²) in [5, 5.41) is 17.8. The summed E-state index contributed by atoms with van der Waals surface area (Å²) in [7, 11) is 0. The highest BCUT2D eigenvalue weighted by molar-refractivity contribution is 5.58. The molecule has 3 aromatic rings. The summed E-state index contributed by atoms with van der Waals surface area (Å²) in [6.45, 7) is 2.00. The maximum Gasteiger partial charge on any atom is 0.270 e. The number of rotatable bonds is 4. The summed E-state index contributed by atoms with van der Waals surface area (Å²) in [4.78, 5) is 14.8. The number of nitrogens with two attached hydrogens (primary N) is 1. The van der Waals surface area contributed by atoms with E-state index in [0.29, 0.717) is 17.2 Å². The minimum Gasteiger partial charge on any atom is -0.318 e. The lowest BCUT2D eigenvalue weighted by atomic mass is 10.1. The van der Waals surface area contributed by atoms with Gasteiger partial charge in [-0.2, -0.15) is 5.10 Å². The number of nitrogens with zero attached hydrogens (tertiary/aromatic N) is 3. The Labute approximate surface area is 132 Å². The molecule has 0 amide bonds. The third kappa shape index (κ3) is 3.09. The van der Waals surface area contributed by atoms with Crippen molar-refractivity contribution in [3.05, 3.63) is 75.6 Å². The lowest BCUT2D eigenvalue weighted by Gasteiger charge is -2.08. The second-order valence-electron chi connectivity index (χ2n) is 5.24.